The molecule has 3 N–H and O–H groups in total. The molecule has 1 fully saturated rings. The largest absolute Gasteiger partial charge is 0.438 e. The monoisotopic (exact) mass is 451 g/mol. The third kappa shape index (κ3) is 4.16. The van der Waals surface area contributed by atoms with Crippen LogP contribution in [-0.4, -0.2) is 76.0 Å². The van der Waals surface area contributed by atoms with Crippen molar-refractivity contribution in [2.75, 3.05) is 38.3 Å². The van der Waals surface area contributed by atoms with Crippen molar-refractivity contribution in [3.63, 3.8) is 0 Å². The Balaban J connectivity index is 1.64. The van der Waals surface area contributed by atoms with Crippen molar-refractivity contribution in [1.82, 2.24) is 29.9 Å². The van der Waals surface area contributed by atoms with E-state index in [0.717, 1.165) is 0 Å². The number of alkyl halides is 2. The molecule has 170 valence electrons. The minimum atomic E-state index is -3.33. The van der Waals surface area contributed by atoms with Gasteiger partial charge in [-0.3, -0.25) is 9.78 Å². The summed E-state index contributed by atoms with van der Waals surface area (Å²) in [6.45, 7) is -0.715. The van der Waals surface area contributed by atoms with E-state index in [4.69, 9.17) is 9.47 Å². The van der Waals surface area contributed by atoms with Gasteiger partial charge < -0.3 is 24.7 Å². The van der Waals surface area contributed by atoms with Gasteiger partial charge in [0.1, 0.15) is 5.69 Å². The van der Waals surface area contributed by atoms with Gasteiger partial charge in [0, 0.05) is 32.2 Å². The molecule has 0 bridgehead atoms. The van der Waals surface area contributed by atoms with Crippen LogP contribution < -0.4 is 21.5 Å². The molecule has 1 amide bonds. The number of carbonyl (C=O) groups is 1. The normalized spacial score (nSPS) is 17.6. The molecule has 1 unspecified atom stereocenters. The van der Waals surface area contributed by atoms with E-state index >= 15 is 0 Å². The Morgan fingerprint density at radius 3 is 2.97 bits per heavy atom. The van der Waals surface area contributed by atoms with E-state index in [-0.39, 0.29) is 42.3 Å². The molecule has 4 rings (SSSR count). The Bertz CT molecular complexity index is 1250. The smallest absolute Gasteiger partial charge is 0.407 e. The zero-order valence-electron chi connectivity index (χ0n) is 16.8. The zero-order chi connectivity index (χ0) is 22.9. The van der Waals surface area contributed by atoms with Gasteiger partial charge in [0.2, 0.25) is 0 Å². The van der Waals surface area contributed by atoms with Gasteiger partial charge in [0.05, 0.1) is 30.9 Å². The number of hydrogen-bond acceptors (Lipinski definition) is 8. The second-order valence-corrected chi connectivity index (χ2v) is 7.05. The SMILES string of the molecule is COCCNC(=O)OC1CN(c2cc(-c3c[nH]c(=O)[nH]c3=O)nn3ccnc23)CC1(F)F. The number of fused-ring (bicyclic) bond motifs is 1. The van der Waals surface area contributed by atoms with Crippen molar-refractivity contribution < 1.29 is 23.0 Å². The molecule has 1 aliphatic rings. The van der Waals surface area contributed by atoms with Gasteiger partial charge in [-0.15, -0.1) is 0 Å². The molecule has 12 nitrogen and oxygen atoms in total. The molecule has 1 aliphatic heterocycles. The van der Waals surface area contributed by atoms with Crippen molar-refractivity contribution >= 4 is 17.4 Å². The second-order valence-electron chi connectivity index (χ2n) is 7.05. The number of halogens is 2. The van der Waals surface area contributed by atoms with Crippen molar-refractivity contribution in [2.45, 2.75) is 12.0 Å². The number of imidazole rings is 1. The third-order valence-corrected chi connectivity index (χ3v) is 4.86. The summed E-state index contributed by atoms with van der Waals surface area (Å²) in [4.78, 5) is 45.2. The fraction of sp³-hybridized carbons (Fsp3) is 0.389. The van der Waals surface area contributed by atoms with Gasteiger partial charge in [-0.2, -0.15) is 5.10 Å². The van der Waals surface area contributed by atoms with E-state index in [1.54, 1.807) is 0 Å². The highest BCUT2D eigenvalue weighted by atomic mass is 19.3. The number of nitrogens with zero attached hydrogens (tertiary/aromatic N) is 4. The molecule has 3 aromatic heterocycles. The van der Waals surface area contributed by atoms with E-state index < -0.39 is 35.9 Å². The highest BCUT2D eigenvalue weighted by Gasteiger charge is 2.51. The zero-order valence-corrected chi connectivity index (χ0v) is 16.8. The maximum atomic E-state index is 14.6. The lowest BCUT2D eigenvalue weighted by molar-refractivity contribution is -0.0763. The fourth-order valence-corrected chi connectivity index (χ4v) is 3.35. The number of nitrogens with one attached hydrogen (secondary N) is 3. The quantitative estimate of drug-likeness (QED) is 0.443. The predicted octanol–water partition coefficient (Wildman–Crippen LogP) is -0.0306. The first kappa shape index (κ1) is 21.4. The van der Waals surface area contributed by atoms with Gasteiger partial charge in [0.15, 0.2) is 11.8 Å². The molecular formula is C18H19F2N7O5. The van der Waals surface area contributed by atoms with Crippen molar-refractivity contribution in [1.29, 1.82) is 0 Å². The van der Waals surface area contributed by atoms with Gasteiger partial charge in [-0.1, -0.05) is 0 Å². The topological polar surface area (TPSA) is 147 Å². The molecule has 0 aliphatic carbocycles. The summed E-state index contributed by atoms with van der Waals surface area (Å²) < 4.78 is 40.3. The molecule has 0 radical (unpaired) electrons. The maximum absolute atomic E-state index is 14.6. The first-order valence-corrected chi connectivity index (χ1v) is 9.51. The molecule has 1 saturated heterocycles. The van der Waals surface area contributed by atoms with Gasteiger partial charge in [0.25, 0.3) is 5.56 Å². The standard InChI is InChI=1S/C18H19F2N7O5/c1-31-5-3-22-17(30)32-13-8-26(9-18(13,19)20)12-6-11(25-27-4-2-21-14(12)27)10-7-23-16(29)24-15(10)28/h2,4,6-7,13H,3,5,8-9H2,1H3,(H,22,30)(H2,23,24,28,29). The van der Waals surface area contributed by atoms with E-state index in [9.17, 15) is 23.2 Å². The number of rotatable bonds is 6. The number of hydrogen-bond donors (Lipinski definition) is 3. The van der Waals surface area contributed by atoms with Crippen LogP contribution in [0.5, 0.6) is 0 Å². The summed E-state index contributed by atoms with van der Waals surface area (Å²) in [5.41, 5.74) is -0.671. The number of aromatic nitrogens is 5. The first-order valence-electron chi connectivity index (χ1n) is 9.51. The van der Waals surface area contributed by atoms with Gasteiger partial charge >= 0.3 is 17.7 Å². The number of carbonyl (C=O) groups excluding carboxylic acids is 1. The lowest BCUT2D eigenvalue weighted by atomic mass is 10.2. The number of ether oxygens (including phenoxy) is 2. The molecular weight excluding hydrogens is 432 g/mol. The number of amides is 1. The van der Waals surface area contributed by atoms with Crippen LogP contribution in [0.4, 0.5) is 19.3 Å². The lowest BCUT2D eigenvalue weighted by Gasteiger charge is -2.19. The molecule has 32 heavy (non-hydrogen) atoms. The van der Waals surface area contributed by atoms with Crippen LogP contribution in [0.25, 0.3) is 16.9 Å². The summed E-state index contributed by atoms with van der Waals surface area (Å²) in [6, 6.07) is 1.42. The van der Waals surface area contributed by atoms with Crippen LogP contribution in [0.1, 0.15) is 0 Å². The average Bonchev–Trinajstić information content (AvgIpc) is 3.31. The minimum absolute atomic E-state index is 0.0396. The molecule has 1 atom stereocenters. The lowest BCUT2D eigenvalue weighted by Crippen LogP contribution is -2.39. The average molecular weight is 451 g/mol. The van der Waals surface area contributed by atoms with Crippen LogP contribution in [0.2, 0.25) is 0 Å². The predicted molar refractivity (Wildman–Crippen MR) is 107 cm³/mol. The molecule has 0 aromatic carbocycles. The van der Waals surface area contributed by atoms with E-state index in [1.807, 2.05) is 0 Å². The van der Waals surface area contributed by atoms with Crippen LogP contribution in [-0.2, 0) is 9.47 Å². The number of anilines is 1. The Kier molecular flexibility index (Phi) is 5.61. The van der Waals surface area contributed by atoms with Crippen LogP contribution >= 0.6 is 0 Å². The van der Waals surface area contributed by atoms with Crippen molar-refractivity contribution in [3.8, 4) is 11.3 Å². The summed E-state index contributed by atoms with van der Waals surface area (Å²) in [5, 5.41) is 6.60. The summed E-state index contributed by atoms with van der Waals surface area (Å²) in [5.74, 6) is -3.33. The Morgan fingerprint density at radius 2 is 2.22 bits per heavy atom. The highest BCUT2D eigenvalue weighted by Crippen LogP contribution is 2.35. The van der Waals surface area contributed by atoms with Gasteiger partial charge in [-0.05, 0) is 6.07 Å². The van der Waals surface area contributed by atoms with Crippen molar-refractivity contribution in [3.05, 3.63) is 45.5 Å². The van der Waals surface area contributed by atoms with Crippen LogP contribution in [0.3, 0.4) is 0 Å². The Labute approximate surface area is 178 Å². The number of methoxy groups -OCH3 is 1. The van der Waals surface area contributed by atoms with E-state index in [1.165, 1.54) is 41.2 Å². The number of H-pyrrole nitrogens is 2. The fourth-order valence-electron chi connectivity index (χ4n) is 3.35. The summed E-state index contributed by atoms with van der Waals surface area (Å²) >= 11 is 0. The molecule has 0 spiro atoms. The van der Waals surface area contributed by atoms with E-state index in [2.05, 4.69) is 25.4 Å². The third-order valence-electron chi connectivity index (χ3n) is 4.86. The first-order chi connectivity index (χ1) is 15.3. The summed E-state index contributed by atoms with van der Waals surface area (Å²) in [7, 11) is 1.44. The van der Waals surface area contributed by atoms with Crippen LogP contribution in [0.15, 0.2) is 34.2 Å². The van der Waals surface area contributed by atoms with Crippen LogP contribution in [0, 0.1) is 0 Å². The maximum Gasteiger partial charge on any atom is 0.407 e. The van der Waals surface area contributed by atoms with E-state index in [0.29, 0.717) is 0 Å². The molecule has 0 saturated carbocycles. The second kappa shape index (κ2) is 8.37. The molecule has 14 heteroatoms. The highest BCUT2D eigenvalue weighted by molar-refractivity contribution is 5.75. The Hall–Kier alpha value is -3.81. The number of alkyl carbamates (subject to hydrolysis) is 1. The van der Waals surface area contributed by atoms with Crippen molar-refractivity contribution in [2.24, 2.45) is 0 Å². The Morgan fingerprint density at radius 1 is 1.41 bits per heavy atom. The number of aromatic amines is 2. The van der Waals surface area contributed by atoms with Gasteiger partial charge in [-0.25, -0.2) is 27.9 Å². The molecule has 3 aromatic rings. The summed E-state index contributed by atoms with van der Waals surface area (Å²) in [6.07, 6.45) is 1.43. The molecule has 4 heterocycles. The minimum Gasteiger partial charge on any atom is -0.438 e.